The van der Waals surface area contributed by atoms with Gasteiger partial charge in [-0.05, 0) is 300 Å². The van der Waals surface area contributed by atoms with E-state index in [4.69, 9.17) is 0 Å². The van der Waals surface area contributed by atoms with Crippen molar-refractivity contribution in [1.29, 1.82) is 0 Å². The third kappa shape index (κ3) is 7.96. The molecule has 0 fully saturated rings. The van der Waals surface area contributed by atoms with Crippen molar-refractivity contribution in [3.63, 3.8) is 0 Å². The average Bonchev–Trinajstić information content (AvgIpc) is 3.73. The molecular weight excluding hydrogens is 1030 g/mol. The van der Waals surface area contributed by atoms with Crippen LogP contribution in [0.1, 0.15) is 152 Å². The minimum atomic E-state index is 0. The number of allylic oxidation sites excluding steroid dienone is 7. The summed E-state index contributed by atoms with van der Waals surface area (Å²) >= 11 is 4.01. The van der Waals surface area contributed by atoms with E-state index >= 15 is 0 Å². The Morgan fingerprint density at radius 1 is 0.476 bits per heavy atom. The number of nitrogens with one attached hydrogen (secondary N) is 1. The number of aromatic amines is 1. The van der Waals surface area contributed by atoms with Crippen molar-refractivity contribution < 1.29 is 1.43 Å². The first-order valence-electron chi connectivity index (χ1n) is 31.2. The number of H-pyrrole nitrogens is 1. The molecule has 3 heterocycles. The first-order valence-corrected chi connectivity index (χ1v) is 32.9. The maximum absolute atomic E-state index is 4.01. The highest BCUT2D eigenvalue weighted by Gasteiger charge is 2.32. The van der Waals surface area contributed by atoms with Crippen LogP contribution in [0.4, 0.5) is 0 Å². The van der Waals surface area contributed by atoms with Crippen LogP contribution in [0.25, 0.3) is 107 Å². The highest BCUT2D eigenvalue weighted by atomic mass is 32.1. The van der Waals surface area contributed by atoms with E-state index in [0.717, 1.165) is 19.3 Å². The molecule has 0 saturated carbocycles. The van der Waals surface area contributed by atoms with Crippen LogP contribution in [0.2, 0.25) is 0 Å². The lowest BCUT2D eigenvalue weighted by Gasteiger charge is -2.27. The second-order valence-corrected chi connectivity index (χ2v) is 27.3. The van der Waals surface area contributed by atoms with Crippen molar-refractivity contribution in [3.05, 3.63) is 224 Å². The Morgan fingerprint density at radius 3 is 1.74 bits per heavy atom. The van der Waals surface area contributed by atoms with E-state index in [2.05, 4.69) is 177 Å². The molecule has 0 radical (unpaired) electrons. The molecule has 6 aliphatic carbocycles. The molecule has 2 atom stereocenters. The average molecular weight is 1100 g/mol. The predicted molar refractivity (Wildman–Crippen MR) is 356 cm³/mol. The van der Waals surface area contributed by atoms with Crippen LogP contribution in [0.5, 0.6) is 0 Å². The SMILES string of the molecule is Cc1cc2[nH]c3c(c2cc1-c1cc(-c2cccc4c2CCCC4)cc2c1sc1ccc(-c4cccc5c4CCCC5)cc12)C(C)C(c1cc(-c2cccc4c2CCCC4)cc2c1sc1ccc(C4=CCC=CC5=C4CCCC5)cc12)C=C3.[HH]. The van der Waals surface area contributed by atoms with E-state index in [1.165, 1.54) is 225 Å². The maximum Gasteiger partial charge on any atom is 0.0464 e. The van der Waals surface area contributed by atoms with Crippen molar-refractivity contribution in [1.82, 2.24) is 4.98 Å². The highest BCUT2D eigenvalue weighted by Crippen LogP contribution is 2.53. The molecule has 3 heteroatoms. The molecule has 1 N–H and O–H groups in total. The minimum absolute atomic E-state index is 0. The van der Waals surface area contributed by atoms with Gasteiger partial charge in [0.05, 0.1) is 0 Å². The molecule has 0 aliphatic heterocycles. The summed E-state index contributed by atoms with van der Waals surface area (Å²) in [7, 11) is 0. The van der Waals surface area contributed by atoms with Gasteiger partial charge in [0.2, 0.25) is 0 Å². The van der Waals surface area contributed by atoms with Gasteiger partial charge in [-0.3, -0.25) is 0 Å². The standard InChI is InChI=1S/C79H69NS2.H2/c1-46-38-74-72(45-65(46)69-42-55(64-31-15-23-51-20-6-11-27-60(51)64)44-71-67-40-53(33-37-76(67)82-79(69)71)62-29-13-21-49-18-4-9-25-58(49)62)77-47(2)56(34-35-73(77)80-74)68-41-54(63-30-14-22-50-19-5-10-26-59(50)63)43-70-66-39-52(32-36-75(66)81-78(68)70)61-28-12-7-17-48-16-3-8-24-57(48)61;/h7,13-15,17,21-23,28-45,47,56,80H,3-6,8-12,16,18-20,24-27H2,1-2H3;1H. The minimum Gasteiger partial charge on any atom is -0.355 e. The number of fused-ring (bicyclic) bond motifs is 12. The second-order valence-electron chi connectivity index (χ2n) is 25.2. The highest BCUT2D eigenvalue weighted by molar-refractivity contribution is 7.26. The van der Waals surface area contributed by atoms with Gasteiger partial charge in [-0.2, -0.15) is 0 Å². The van der Waals surface area contributed by atoms with Gasteiger partial charge in [0.15, 0.2) is 0 Å². The summed E-state index contributed by atoms with van der Waals surface area (Å²) in [6, 6.07) is 51.7. The molecule has 82 heavy (non-hydrogen) atoms. The molecule has 1 nitrogen and oxygen atoms in total. The normalized spacial score (nSPS) is 18.7. The summed E-state index contributed by atoms with van der Waals surface area (Å²) in [5, 5.41) is 6.95. The van der Waals surface area contributed by atoms with Crippen molar-refractivity contribution in [2.24, 2.45) is 0 Å². The predicted octanol–water partition coefficient (Wildman–Crippen LogP) is 22.9. The van der Waals surface area contributed by atoms with Crippen molar-refractivity contribution in [2.75, 3.05) is 0 Å². The molecule has 0 saturated heterocycles. The van der Waals surface area contributed by atoms with Gasteiger partial charge in [0.25, 0.3) is 0 Å². The molecule has 6 aliphatic rings. The zero-order valence-electron chi connectivity index (χ0n) is 47.5. The molecular formula is C79H71NS2. The third-order valence-corrected chi connectivity index (χ3v) is 23.0. The molecule has 11 aromatic rings. The van der Waals surface area contributed by atoms with Gasteiger partial charge in [0, 0.05) is 69.8 Å². The Morgan fingerprint density at radius 2 is 1.05 bits per heavy atom. The number of aryl methyl sites for hydroxylation is 4. The Bertz CT molecular complexity index is 4650. The summed E-state index contributed by atoms with van der Waals surface area (Å²) in [5.74, 6) is 0.435. The summed E-state index contributed by atoms with van der Waals surface area (Å²) in [4.78, 5) is 4.01. The number of hydrogen-bond donors (Lipinski definition) is 1. The van der Waals surface area contributed by atoms with Gasteiger partial charge < -0.3 is 4.98 Å². The van der Waals surface area contributed by atoms with E-state index in [1.54, 1.807) is 39.0 Å². The van der Waals surface area contributed by atoms with E-state index in [1.807, 2.05) is 22.7 Å². The van der Waals surface area contributed by atoms with E-state index in [-0.39, 0.29) is 13.3 Å². The summed E-state index contributed by atoms with van der Waals surface area (Å²) in [6.07, 6.45) is 33.0. The van der Waals surface area contributed by atoms with E-state index in [9.17, 15) is 0 Å². The van der Waals surface area contributed by atoms with Crippen molar-refractivity contribution >= 4 is 85.6 Å². The Labute approximate surface area is 492 Å². The second kappa shape index (κ2) is 19.7. The lowest BCUT2D eigenvalue weighted by atomic mass is 9.76. The molecule has 2 unspecified atom stereocenters. The van der Waals surface area contributed by atoms with Crippen LogP contribution in [0, 0.1) is 6.92 Å². The topological polar surface area (TPSA) is 15.8 Å². The van der Waals surface area contributed by atoms with Gasteiger partial charge in [-0.1, -0.05) is 98.0 Å². The summed E-state index contributed by atoms with van der Waals surface area (Å²) < 4.78 is 5.59. The zero-order valence-corrected chi connectivity index (χ0v) is 49.1. The lowest BCUT2D eigenvalue weighted by Crippen LogP contribution is -2.11. The number of aromatic nitrogens is 1. The largest absolute Gasteiger partial charge is 0.355 e. The fourth-order valence-electron chi connectivity index (χ4n) is 16.5. The monoisotopic (exact) mass is 1100 g/mol. The molecule has 3 aromatic heterocycles. The first kappa shape index (κ1) is 49.3. The molecule has 0 spiro atoms. The Balaban J connectivity index is 0.00000565. The lowest BCUT2D eigenvalue weighted by molar-refractivity contribution is 0.678. The fourth-order valence-corrected chi connectivity index (χ4v) is 18.9. The van der Waals surface area contributed by atoms with Gasteiger partial charge in [-0.25, -0.2) is 0 Å². The molecule has 17 rings (SSSR count). The maximum atomic E-state index is 4.01. The molecule has 404 valence electrons. The van der Waals surface area contributed by atoms with Crippen LogP contribution in [0.15, 0.2) is 163 Å². The van der Waals surface area contributed by atoms with Gasteiger partial charge in [-0.15, -0.1) is 22.7 Å². The smallest absolute Gasteiger partial charge is 0.0464 e. The zero-order chi connectivity index (χ0) is 54.2. The quantitative estimate of drug-likeness (QED) is 0.171. The molecule has 0 amide bonds. The number of thiophene rings is 2. The first-order chi connectivity index (χ1) is 40.5. The van der Waals surface area contributed by atoms with E-state index in [0.29, 0.717) is 0 Å². The third-order valence-electron chi connectivity index (χ3n) is 20.5. The van der Waals surface area contributed by atoms with Crippen LogP contribution < -0.4 is 0 Å². The Kier molecular flexibility index (Phi) is 11.8. The van der Waals surface area contributed by atoms with Crippen LogP contribution in [-0.2, 0) is 38.5 Å². The van der Waals surface area contributed by atoms with Gasteiger partial charge in [0.1, 0.15) is 0 Å². The van der Waals surface area contributed by atoms with Crippen LogP contribution in [0.3, 0.4) is 0 Å². The van der Waals surface area contributed by atoms with Crippen molar-refractivity contribution in [3.8, 4) is 44.5 Å². The number of benzene rings is 8. The Hall–Kier alpha value is -7.30. The van der Waals surface area contributed by atoms with Crippen molar-refractivity contribution in [2.45, 2.75) is 135 Å². The van der Waals surface area contributed by atoms with E-state index < -0.39 is 0 Å². The number of hydrogen-bond acceptors (Lipinski definition) is 2. The van der Waals surface area contributed by atoms with Crippen LogP contribution >= 0.6 is 22.7 Å². The number of rotatable bonds is 6. The molecule has 0 bridgehead atoms. The van der Waals surface area contributed by atoms with Crippen LogP contribution in [-0.4, -0.2) is 4.98 Å². The summed E-state index contributed by atoms with van der Waals surface area (Å²) in [5.41, 5.74) is 33.1. The van der Waals surface area contributed by atoms with Gasteiger partial charge >= 0.3 is 0 Å². The molecule has 8 aromatic carbocycles. The fraction of sp³-hybridized carbons (Fsp3) is 0.266. The summed E-state index contributed by atoms with van der Waals surface area (Å²) in [6.45, 7) is 4.89.